The Bertz CT molecular complexity index is 574. The van der Waals surface area contributed by atoms with Gasteiger partial charge in [0.25, 0.3) is 0 Å². The lowest BCUT2D eigenvalue weighted by Gasteiger charge is -2.25. The largest absolute Gasteiger partial charge is 0.508 e. The highest BCUT2D eigenvalue weighted by molar-refractivity contribution is 5.62. The third-order valence-corrected chi connectivity index (χ3v) is 3.34. The van der Waals surface area contributed by atoms with Crippen molar-refractivity contribution in [3.05, 3.63) is 23.8 Å². The van der Waals surface area contributed by atoms with E-state index in [0.29, 0.717) is 0 Å². The van der Waals surface area contributed by atoms with E-state index >= 15 is 0 Å². The van der Waals surface area contributed by atoms with Gasteiger partial charge in [0, 0.05) is 31.7 Å². The number of aryl methyl sites for hydroxylation is 1. The Hall–Kier alpha value is -2.08. The van der Waals surface area contributed by atoms with Crippen LogP contribution in [-0.4, -0.2) is 46.5 Å². The summed E-state index contributed by atoms with van der Waals surface area (Å²) >= 11 is 0. The lowest BCUT2D eigenvalue weighted by molar-refractivity contribution is 0.475. The van der Waals surface area contributed by atoms with Gasteiger partial charge in [-0.3, -0.25) is 5.10 Å². The van der Waals surface area contributed by atoms with Crippen LogP contribution in [0.25, 0.3) is 11.4 Å². The number of rotatable bonds is 2. The summed E-state index contributed by atoms with van der Waals surface area (Å²) in [4.78, 5) is 6.70. The Morgan fingerprint density at radius 2 is 2.05 bits per heavy atom. The molecule has 1 aromatic carbocycles. The molecule has 3 rings (SSSR count). The van der Waals surface area contributed by atoms with E-state index in [2.05, 4.69) is 25.4 Å². The van der Waals surface area contributed by atoms with Gasteiger partial charge in [-0.2, -0.15) is 4.98 Å². The molecule has 19 heavy (non-hydrogen) atoms. The van der Waals surface area contributed by atoms with Crippen LogP contribution >= 0.6 is 0 Å². The second kappa shape index (κ2) is 4.89. The molecule has 100 valence electrons. The summed E-state index contributed by atoms with van der Waals surface area (Å²) in [6.07, 6.45) is 0. The lowest BCUT2D eigenvalue weighted by Crippen LogP contribution is -2.44. The van der Waals surface area contributed by atoms with Gasteiger partial charge < -0.3 is 15.3 Å². The number of aromatic amines is 1. The SMILES string of the molecule is Cc1cc(O)ccc1-c1nc(N2CCNCC2)n[nH]1. The summed E-state index contributed by atoms with van der Waals surface area (Å²) in [6.45, 7) is 5.71. The number of phenols is 1. The van der Waals surface area contributed by atoms with Crippen molar-refractivity contribution in [1.82, 2.24) is 20.5 Å². The Morgan fingerprint density at radius 1 is 1.26 bits per heavy atom. The van der Waals surface area contributed by atoms with Crippen LogP contribution in [-0.2, 0) is 0 Å². The molecule has 0 spiro atoms. The fraction of sp³-hybridized carbons (Fsp3) is 0.385. The molecule has 1 aromatic heterocycles. The lowest BCUT2D eigenvalue weighted by atomic mass is 10.1. The predicted molar refractivity (Wildman–Crippen MR) is 73.3 cm³/mol. The molecule has 6 nitrogen and oxygen atoms in total. The predicted octanol–water partition coefficient (Wildman–Crippen LogP) is 0.895. The molecule has 1 aliphatic heterocycles. The van der Waals surface area contributed by atoms with Crippen LogP contribution in [0.15, 0.2) is 18.2 Å². The average Bonchev–Trinajstić information content (AvgIpc) is 2.89. The smallest absolute Gasteiger partial charge is 0.245 e. The van der Waals surface area contributed by atoms with E-state index in [1.165, 1.54) is 0 Å². The van der Waals surface area contributed by atoms with Crippen molar-refractivity contribution in [1.29, 1.82) is 0 Å². The minimum atomic E-state index is 0.267. The molecular weight excluding hydrogens is 242 g/mol. The Kier molecular flexibility index (Phi) is 3.08. The van der Waals surface area contributed by atoms with E-state index in [1.54, 1.807) is 12.1 Å². The van der Waals surface area contributed by atoms with Crippen LogP contribution in [0.2, 0.25) is 0 Å². The molecule has 1 aliphatic rings. The molecule has 0 saturated carbocycles. The first-order chi connectivity index (χ1) is 9.24. The van der Waals surface area contributed by atoms with E-state index in [-0.39, 0.29) is 5.75 Å². The minimum absolute atomic E-state index is 0.267. The molecule has 0 atom stereocenters. The molecule has 0 unspecified atom stereocenters. The Balaban J connectivity index is 1.87. The first-order valence-corrected chi connectivity index (χ1v) is 6.42. The van der Waals surface area contributed by atoms with Gasteiger partial charge in [0.2, 0.25) is 5.95 Å². The highest BCUT2D eigenvalue weighted by Gasteiger charge is 2.16. The Morgan fingerprint density at radius 3 is 2.79 bits per heavy atom. The summed E-state index contributed by atoms with van der Waals surface area (Å²) in [6, 6.07) is 5.24. The monoisotopic (exact) mass is 259 g/mol. The van der Waals surface area contributed by atoms with Crippen molar-refractivity contribution < 1.29 is 5.11 Å². The zero-order chi connectivity index (χ0) is 13.2. The van der Waals surface area contributed by atoms with Crippen LogP contribution in [0.3, 0.4) is 0 Å². The highest BCUT2D eigenvalue weighted by atomic mass is 16.3. The molecule has 2 heterocycles. The first-order valence-electron chi connectivity index (χ1n) is 6.42. The third-order valence-electron chi connectivity index (χ3n) is 3.34. The number of H-pyrrole nitrogens is 1. The fourth-order valence-corrected chi connectivity index (χ4v) is 2.29. The zero-order valence-corrected chi connectivity index (χ0v) is 10.8. The summed E-state index contributed by atoms with van der Waals surface area (Å²) < 4.78 is 0. The number of anilines is 1. The van der Waals surface area contributed by atoms with Gasteiger partial charge in [-0.05, 0) is 30.7 Å². The number of aromatic nitrogens is 3. The van der Waals surface area contributed by atoms with Crippen molar-refractivity contribution in [2.75, 3.05) is 31.1 Å². The molecular formula is C13H17N5O. The van der Waals surface area contributed by atoms with E-state index in [9.17, 15) is 5.11 Å². The molecule has 1 fully saturated rings. The van der Waals surface area contributed by atoms with Crippen molar-refractivity contribution in [2.45, 2.75) is 6.92 Å². The molecule has 3 N–H and O–H groups in total. The highest BCUT2D eigenvalue weighted by Crippen LogP contribution is 2.24. The number of nitrogens with zero attached hydrogens (tertiary/aromatic N) is 3. The Labute approximate surface area is 111 Å². The van der Waals surface area contributed by atoms with Crippen molar-refractivity contribution in [3.63, 3.8) is 0 Å². The second-order valence-electron chi connectivity index (χ2n) is 4.72. The minimum Gasteiger partial charge on any atom is -0.508 e. The average molecular weight is 259 g/mol. The number of hydrogen-bond acceptors (Lipinski definition) is 5. The van der Waals surface area contributed by atoms with Gasteiger partial charge in [-0.25, -0.2) is 0 Å². The standard InChI is InChI=1S/C13H17N5O/c1-9-8-10(19)2-3-11(9)12-15-13(17-16-12)18-6-4-14-5-7-18/h2-3,8,14,19H,4-7H2,1H3,(H,15,16,17). The van der Waals surface area contributed by atoms with E-state index < -0.39 is 0 Å². The molecule has 0 aliphatic carbocycles. The quantitative estimate of drug-likeness (QED) is 0.747. The number of benzene rings is 1. The maximum absolute atomic E-state index is 9.43. The van der Waals surface area contributed by atoms with E-state index in [4.69, 9.17) is 0 Å². The molecule has 0 bridgehead atoms. The maximum Gasteiger partial charge on any atom is 0.245 e. The van der Waals surface area contributed by atoms with Gasteiger partial charge in [0.1, 0.15) is 5.75 Å². The van der Waals surface area contributed by atoms with Crippen molar-refractivity contribution in [3.8, 4) is 17.1 Å². The van der Waals surface area contributed by atoms with Crippen LogP contribution in [0, 0.1) is 6.92 Å². The summed E-state index contributed by atoms with van der Waals surface area (Å²) in [5.74, 6) is 1.75. The van der Waals surface area contributed by atoms with Gasteiger partial charge in [-0.1, -0.05) is 0 Å². The summed E-state index contributed by atoms with van der Waals surface area (Å²) in [5, 5.41) is 20.0. The number of piperazine rings is 1. The third kappa shape index (κ3) is 2.39. The molecule has 0 radical (unpaired) electrons. The van der Waals surface area contributed by atoms with Gasteiger partial charge in [0.15, 0.2) is 5.82 Å². The molecule has 6 heteroatoms. The van der Waals surface area contributed by atoms with Gasteiger partial charge in [0.05, 0.1) is 0 Å². The number of aromatic hydroxyl groups is 1. The van der Waals surface area contributed by atoms with Crippen molar-refractivity contribution >= 4 is 5.95 Å². The first kappa shape index (κ1) is 12.0. The van der Waals surface area contributed by atoms with Gasteiger partial charge >= 0.3 is 0 Å². The van der Waals surface area contributed by atoms with Crippen LogP contribution in [0.5, 0.6) is 5.75 Å². The van der Waals surface area contributed by atoms with Gasteiger partial charge in [-0.15, -0.1) is 5.10 Å². The van der Waals surface area contributed by atoms with Crippen molar-refractivity contribution in [2.24, 2.45) is 0 Å². The van der Waals surface area contributed by atoms with Crippen LogP contribution in [0.1, 0.15) is 5.56 Å². The number of hydrogen-bond donors (Lipinski definition) is 3. The van der Waals surface area contributed by atoms with E-state index in [1.807, 2.05) is 13.0 Å². The maximum atomic E-state index is 9.43. The topological polar surface area (TPSA) is 77.1 Å². The van der Waals surface area contributed by atoms with Crippen LogP contribution in [0.4, 0.5) is 5.95 Å². The number of phenolic OH excluding ortho intramolecular Hbond substituents is 1. The molecule has 0 amide bonds. The van der Waals surface area contributed by atoms with Crippen LogP contribution < -0.4 is 10.2 Å². The second-order valence-corrected chi connectivity index (χ2v) is 4.72. The zero-order valence-electron chi connectivity index (χ0n) is 10.8. The number of nitrogens with one attached hydrogen (secondary N) is 2. The normalized spacial score (nSPS) is 15.7. The molecule has 2 aromatic rings. The van der Waals surface area contributed by atoms with E-state index in [0.717, 1.165) is 49.1 Å². The molecule has 1 saturated heterocycles. The summed E-state index contributed by atoms with van der Waals surface area (Å²) in [7, 11) is 0. The fourth-order valence-electron chi connectivity index (χ4n) is 2.29. The summed E-state index contributed by atoms with van der Waals surface area (Å²) in [5.41, 5.74) is 1.94.